The Morgan fingerprint density at radius 1 is 1.36 bits per heavy atom. The summed E-state index contributed by atoms with van der Waals surface area (Å²) in [5, 5.41) is 12.0. The molecule has 3 rings (SSSR count). The lowest BCUT2D eigenvalue weighted by Gasteiger charge is -2.21. The summed E-state index contributed by atoms with van der Waals surface area (Å²) in [5.74, 6) is -2.28. The molecule has 0 spiro atoms. The third-order valence-electron chi connectivity index (χ3n) is 4.83. The molecular weight excluding hydrogens is 331 g/mol. The number of halogens is 1. The van der Waals surface area contributed by atoms with E-state index in [9.17, 15) is 23.9 Å². The van der Waals surface area contributed by atoms with E-state index in [4.69, 9.17) is 4.74 Å². The molecule has 0 saturated carbocycles. The van der Waals surface area contributed by atoms with Crippen molar-refractivity contribution >= 4 is 23.5 Å². The number of hydrogen-bond donors (Lipinski definition) is 2. The van der Waals surface area contributed by atoms with Crippen molar-refractivity contribution < 1.29 is 28.6 Å². The number of ether oxygens (including phenoxy) is 1. The number of fused-ring (bicyclic) bond motifs is 1. The number of nitrogens with one attached hydrogen (secondary N) is 1. The third-order valence-corrected chi connectivity index (χ3v) is 4.83. The number of benzene rings is 1. The summed E-state index contributed by atoms with van der Waals surface area (Å²) in [6, 6.07) is 5.50. The van der Waals surface area contributed by atoms with Gasteiger partial charge in [-0.25, -0.2) is 4.39 Å². The predicted octanol–water partition coefficient (Wildman–Crippen LogP) is 1.10. The Hall–Kier alpha value is -2.48. The van der Waals surface area contributed by atoms with Crippen molar-refractivity contribution in [2.75, 3.05) is 31.6 Å². The highest BCUT2D eigenvalue weighted by Crippen LogP contribution is 2.41. The van der Waals surface area contributed by atoms with Gasteiger partial charge in [-0.05, 0) is 18.2 Å². The Balaban J connectivity index is 1.52. The van der Waals surface area contributed by atoms with E-state index in [0.29, 0.717) is 18.8 Å². The number of hydrogen-bond acceptors (Lipinski definition) is 4. The van der Waals surface area contributed by atoms with Crippen LogP contribution in [0, 0.1) is 17.2 Å². The molecule has 2 N–H and O–H groups in total. The first-order valence-electron chi connectivity index (χ1n) is 8.05. The van der Waals surface area contributed by atoms with E-state index in [0.717, 1.165) is 0 Å². The van der Waals surface area contributed by atoms with Crippen LogP contribution < -0.4 is 5.32 Å². The highest BCUT2D eigenvalue weighted by molar-refractivity contribution is 5.93. The van der Waals surface area contributed by atoms with Crippen LogP contribution in [-0.4, -0.2) is 54.1 Å². The molecule has 0 radical (unpaired) electrons. The Bertz CT molecular complexity index is 710. The molecule has 2 aliphatic rings. The van der Waals surface area contributed by atoms with E-state index in [2.05, 4.69) is 5.32 Å². The minimum atomic E-state index is -1.03. The van der Waals surface area contributed by atoms with Crippen LogP contribution in [0.4, 0.5) is 10.1 Å². The first-order valence-corrected chi connectivity index (χ1v) is 8.05. The van der Waals surface area contributed by atoms with Crippen LogP contribution in [0.2, 0.25) is 0 Å². The molecule has 2 saturated heterocycles. The molecule has 8 heteroatoms. The van der Waals surface area contributed by atoms with Crippen molar-refractivity contribution in [1.29, 1.82) is 0 Å². The highest BCUT2D eigenvalue weighted by atomic mass is 19.1. The predicted molar refractivity (Wildman–Crippen MR) is 85.2 cm³/mol. The molecule has 134 valence electrons. The van der Waals surface area contributed by atoms with Crippen LogP contribution in [0.1, 0.15) is 12.8 Å². The number of nitrogens with zero attached hydrogens (tertiary/aromatic N) is 1. The van der Waals surface area contributed by atoms with Crippen molar-refractivity contribution in [3.63, 3.8) is 0 Å². The van der Waals surface area contributed by atoms with Crippen LogP contribution in [0.5, 0.6) is 0 Å². The van der Waals surface area contributed by atoms with Crippen LogP contribution in [0.15, 0.2) is 24.3 Å². The van der Waals surface area contributed by atoms with Gasteiger partial charge in [0.2, 0.25) is 11.8 Å². The highest BCUT2D eigenvalue weighted by Gasteiger charge is 2.57. The normalized spacial score (nSPS) is 24.8. The van der Waals surface area contributed by atoms with E-state index >= 15 is 0 Å². The van der Waals surface area contributed by atoms with E-state index in [1.807, 2.05) is 0 Å². The fourth-order valence-corrected chi connectivity index (χ4v) is 3.40. The molecule has 0 bridgehead atoms. The van der Waals surface area contributed by atoms with E-state index in [-0.39, 0.29) is 37.8 Å². The van der Waals surface area contributed by atoms with Crippen molar-refractivity contribution in [3.05, 3.63) is 30.1 Å². The van der Waals surface area contributed by atoms with E-state index in [1.54, 1.807) is 6.07 Å². The number of anilines is 1. The molecule has 2 heterocycles. The fraction of sp³-hybridized carbons (Fsp3) is 0.471. The zero-order valence-electron chi connectivity index (χ0n) is 13.5. The minimum Gasteiger partial charge on any atom is -0.481 e. The third kappa shape index (κ3) is 3.48. The van der Waals surface area contributed by atoms with Gasteiger partial charge in [-0.15, -0.1) is 0 Å². The largest absolute Gasteiger partial charge is 0.481 e. The lowest BCUT2D eigenvalue weighted by Crippen LogP contribution is -2.40. The Kier molecular flexibility index (Phi) is 4.71. The topological polar surface area (TPSA) is 95.9 Å². The van der Waals surface area contributed by atoms with E-state index < -0.39 is 23.1 Å². The van der Waals surface area contributed by atoms with Gasteiger partial charge in [0.15, 0.2) is 0 Å². The summed E-state index contributed by atoms with van der Waals surface area (Å²) in [7, 11) is 0. The second-order valence-electron chi connectivity index (χ2n) is 6.51. The van der Waals surface area contributed by atoms with Crippen molar-refractivity contribution in [2.24, 2.45) is 11.3 Å². The molecule has 0 unspecified atom stereocenters. The maximum Gasteiger partial charge on any atom is 0.314 e. The van der Waals surface area contributed by atoms with Gasteiger partial charge in [-0.2, -0.15) is 0 Å². The summed E-state index contributed by atoms with van der Waals surface area (Å²) in [6.45, 7) is 0.876. The van der Waals surface area contributed by atoms with Gasteiger partial charge in [0.05, 0.1) is 13.2 Å². The van der Waals surface area contributed by atoms with Gasteiger partial charge >= 0.3 is 5.97 Å². The summed E-state index contributed by atoms with van der Waals surface area (Å²) in [4.78, 5) is 37.3. The van der Waals surface area contributed by atoms with Crippen LogP contribution in [-0.2, 0) is 19.1 Å². The first kappa shape index (κ1) is 17.3. The zero-order chi connectivity index (χ0) is 18.0. The minimum absolute atomic E-state index is 0.0234. The number of carboxylic acids is 1. The number of carbonyl (C=O) groups excluding carboxylic acids is 2. The monoisotopic (exact) mass is 350 g/mol. The standard InChI is InChI=1S/C17H19FN2O5/c18-12-2-1-3-13(6-12)19-14(21)4-5-15(22)20-7-11-8-25-10-17(11,9-20)16(23)24/h1-3,6,11H,4-5,7-10H2,(H,19,21)(H,23,24)/t11-,17-/m1/s1. The van der Waals surface area contributed by atoms with Gasteiger partial charge in [-0.1, -0.05) is 6.07 Å². The number of carboxylic acid groups (broad SMARTS) is 1. The quantitative estimate of drug-likeness (QED) is 0.829. The second-order valence-corrected chi connectivity index (χ2v) is 6.51. The lowest BCUT2D eigenvalue weighted by molar-refractivity contribution is -0.149. The van der Waals surface area contributed by atoms with Gasteiger partial charge < -0.3 is 20.1 Å². The molecule has 0 aromatic heterocycles. The van der Waals surface area contributed by atoms with Crippen LogP contribution in [0.3, 0.4) is 0 Å². The van der Waals surface area contributed by atoms with Crippen molar-refractivity contribution in [3.8, 4) is 0 Å². The van der Waals surface area contributed by atoms with Crippen LogP contribution in [0.25, 0.3) is 0 Å². The average molecular weight is 350 g/mol. The van der Waals surface area contributed by atoms with Gasteiger partial charge in [0, 0.05) is 37.5 Å². The Morgan fingerprint density at radius 3 is 2.84 bits per heavy atom. The Morgan fingerprint density at radius 2 is 2.16 bits per heavy atom. The maximum absolute atomic E-state index is 13.1. The number of amides is 2. The van der Waals surface area contributed by atoms with Gasteiger partial charge in [0.1, 0.15) is 11.2 Å². The average Bonchev–Trinajstić information content (AvgIpc) is 3.11. The Labute approximate surface area is 143 Å². The summed E-state index contributed by atoms with van der Waals surface area (Å²) in [5.41, 5.74) is -0.699. The molecule has 2 fully saturated rings. The van der Waals surface area contributed by atoms with Gasteiger partial charge in [-0.3, -0.25) is 14.4 Å². The zero-order valence-corrected chi connectivity index (χ0v) is 13.5. The SMILES string of the molecule is O=C(CCC(=O)N1C[C@@H]2COC[C@]2(C(=O)O)C1)Nc1cccc(F)c1. The second kappa shape index (κ2) is 6.79. The molecule has 2 atom stereocenters. The molecule has 1 aromatic carbocycles. The maximum atomic E-state index is 13.1. The van der Waals surface area contributed by atoms with Crippen molar-refractivity contribution in [2.45, 2.75) is 12.8 Å². The molecule has 2 aliphatic heterocycles. The summed E-state index contributed by atoms with van der Waals surface area (Å²) in [6.07, 6.45) is -0.0719. The molecule has 1 aromatic rings. The molecule has 2 amide bonds. The molecule has 25 heavy (non-hydrogen) atoms. The van der Waals surface area contributed by atoms with E-state index in [1.165, 1.54) is 23.1 Å². The van der Waals surface area contributed by atoms with Gasteiger partial charge in [0.25, 0.3) is 0 Å². The lowest BCUT2D eigenvalue weighted by atomic mass is 9.81. The van der Waals surface area contributed by atoms with Crippen molar-refractivity contribution in [1.82, 2.24) is 4.90 Å². The number of rotatable bonds is 5. The first-order chi connectivity index (χ1) is 11.9. The smallest absolute Gasteiger partial charge is 0.314 e. The van der Waals surface area contributed by atoms with Crippen LogP contribution >= 0.6 is 0 Å². The molecule has 0 aliphatic carbocycles. The molecular formula is C17H19FN2O5. The summed E-state index contributed by atoms with van der Waals surface area (Å²) < 4.78 is 18.3. The number of carbonyl (C=O) groups is 3. The summed E-state index contributed by atoms with van der Waals surface area (Å²) >= 11 is 0. The number of likely N-dealkylation sites (tertiary alicyclic amines) is 1. The molecule has 7 nitrogen and oxygen atoms in total. The fourth-order valence-electron chi connectivity index (χ4n) is 3.40. The number of aliphatic carboxylic acids is 1.